The van der Waals surface area contributed by atoms with Crippen molar-refractivity contribution in [3.63, 3.8) is 0 Å². The fraction of sp³-hybridized carbons (Fsp3) is 0.417. The Labute approximate surface area is 110 Å². The Morgan fingerprint density at radius 2 is 2.11 bits per heavy atom. The van der Waals surface area contributed by atoms with Gasteiger partial charge in [-0.15, -0.1) is 0 Å². The van der Waals surface area contributed by atoms with Crippen LogP contribution in [0, 0.1) is 0 Å². The number of hydrogen-bond acceptors (Lipinski definition) is 4. The number of anilines is 1. The minimum atomic E-state index is -0.661. The largest absolute Gasteiger partial charge is 0.397 e. The summed E-state index contributed by atoms with van der Waals surface area (Å²) in [6.07, 6.45) is 2.20. The predicted octanol–water partition coefficient (Wildman–Crippen LogP) is -0.515. The van der Waals surface area contributed by atoms with Crippen LogP contribution >= 0.6 is 0 Å². The van der Waals surface area contributed by atoms with E-state index in [2.05, 4.69) is 5.32 Å². The molecule has 1 aromatic heterocycles. The molecular formula is C12H16N4O3. The molecule has 102 valence electrons. The minimum absolute atomic E-state index is 0.224. The van der Waals surface area contributed by atoms with E-state index < -0.39 is 6.04 Å². The molecule has 2 rings (SSSR count). The number of nitrogens with two attached hydrogens (primary N) is 1. The molecule has 2 heterocycles. The predicted molar refractivity (Wildman–Crippen MR) is 68.1 cm³/mol. The molecule has 1 unspecified atom stereocenters. The van der Waals surface area contributed by atoms with Crippen LogP contribution in [0.25, 0.3) is 0 Å². The van der Waals surface area contributed by atoms with Crippen LogP contribution in [0.5, 0.6) is 0 Å². The molecule has 0 saturated carbocycles. The van der Waals surface area contributed by atoms with E-state index in [4.69, 9.17) is 5.73 Å². The number of aromatic nitrogens is 1. The summed E-state index contributed by atoms with van der Waals surface area (Å²) in [7, 11) is 3.12. The molecule has 7 nitrogen and oxygen atoms in total. The number of rotatable bonds is 2. The van der Waals surface area contributed by atoms with Crippen molar-refractivity contribution in [3.8, 4) is 0 Å². The Kier molecular flexibility index (Phi) is 3.28. The van der Waals surface area contributed by atoms with Crippen molar-refractivity contribution in [2.24, 2.45) is 7.05 Å². The van der Waals surface area contributed by atoms with Crippen LogP contribution in [0.2, 0.25) is 0 Å². The highest BCUT2D eigenvalue weighted by Crippen LogP contribution is 2.13. The molecule has 7 heteroatoms. The summed E-state index contributed by atoms with van der Waals surface area (Å²) in [5, 5.41) is 2.63. The van der Waals surface area contributed by atoms with Crippen LogP contribution in [-0.2, 0) is 16.6 Å². The number of hydrogen-bond donors (Lipinski definition) is 2. The number of nitrogen functional groups attached to an aromatic ring is 1. The highest BCUT2D eigenvalue weighted by Gasteiger charge is 2.33. The number of imide groups is 1. The summed E-state index contributed by atoms with van der Waals surface area (Å²) in [4.78, 5) is 36.3. The molecule has 0 radical (unpaired) electrons. The van der Waals surface area contributed by atoms with E-state index in [9.17, 15) is 14.4 Å². The first kappa shape index (κ1) is 13.1. The molecule has 1 fully saturated rings. The van der Waals surface area contributed by atoms with Gasteiger partial charge in [-0.2, -0.15) is 0 Å². The van der Waals surface area contributed by atoms with Crippen molar-refractivity contribution in [2.45, 2.75) is 18.9 Å². The maximum atomic E-state index is 12.0. The van der Waals surface area contributed by atoms with Gasteiger partial charge in [0.25, 0.3) is 11.8 Å². The second kappa shape index (κ2) is 4.75. The van der Waals surface area contributed by atoms with Crippen LogP contribution in [-0.4, -0.2) is 40.3 Å². The molecule has 0 aromatic carbocycles. The van der Waals surface area contributed by atoms with E-state index in [-0.39, 0.29) is 24.1 Å². The van der Waals surface area contributed by atoms with Gasteiger partial charge in [0.15, 0.2) is 0 Å². The van der Waals surface area contributed by atoms with Crippen LogP contribution < -0.4 is 11.1 Å². The Balaban J connectivity index is 2.09. The molecule has 19 heavy (non-hydrogen) atoms. The maximum absolute atomic E-state index is 12.0. The summed E-state index contributed by atoms with van der Waals surface area (Å²) < 4.78 is 1.59. The number of aryl methyl sites for hydroxylation is 1. The van der Waals surface area contributed by atoms with E-state index in [1.54, 1.807) is 17.8 Å². The van der Waals surface area contributed by atoms with Crippen molar-refractivity contribution in [1.29, 1.82) is 0 Å². The van der Waals surface area contributed by atoms with Gasteiger partial charge < -0.3 is 15.6 Å². The average Bonchev–Trinajstić information content (AvgIpc) is 2.69. The van der Waals surface area contributed by atoms with Crippen molar-refractivity contribution in [2.75, 3.05) is 12.8 Å². The van der Waals surface area contributed by atoms with Gasteiger partial charge in [-0.05, 0) is 12.5 Å². The van der Waals surface area contributed by atoms with Gasteiger partial charge in [0.2, 0.25) is 5.91 Å². The molecule has 1 atom stereocenters. The smallest absolute Gasteiger partial charge is 0.268 e. The lowest BCUT2D eigenvalue weighted by Crippen LogP contribution is -2.53. The first-order valence-electron chi connectivity index (χ1n) is 5.93. The quantitative estimate of drug-likeness (QED) is 0.703. The third-order valence-electron chi connectivity index (χ3n) is 3.21. The summed E-state index contributed by atoms with van der Waals surface area (Å²) >= 11 is 0. The Bertz CT molecular complexity index is 549. The highest BCUT2D eigenvalue weighted by molar-refractivity contribution is 6.03. The van der Waals surface area contributed by atoms with E-state index in [0.29, 0.717) is 17.8 Å². The number of carbonyl (C=O) groups excluding carboxylic acids is 3. The first-order chi connectivity index (χ1) is 8.90. The van der Waals surface area contributed by atoms with E-state index in [1.807, 2.05) is 0 Å². The monoisotopic (exact) mass is 264 g/mol. The van der Waals surface area contributed by atoms with Gasteiger partial charge in [0, 0.05) is 26.7 Å². The van der Waals surface area contributed by atoms with E-state index in [1.165, 1.54) is 13.1 Å². The molecule has 0 bridgehead atoms. The second-order valence-electron chi connectivity index (χ2n) is 4.63. The molecule has 1 saturated heterocycles. The topological polar surface area (TPSA) is 97.4 Å². The molecule has 3 N–H and O–H groups in total. The molecular weight excluding hydrogens is 248 g/mol. The number of carbonyl (C=O) groups is 3. The van der Waals surface area contributed by atoms with Gasteiger partial charge in [-0.1, -0.05) is 0 Å². The third kappa shape index (κ3) is 2.44. The fourth-order valence-electron chi connectivity index (χ4n) is 2.10. The molecule has 1 aromatic rings. The third-order valence-corrected chi connectivity index (χ3v) is 3.21. The lowest BCUT2D eigenvalue weighted by molar-refractivity contribution is -0.147. The molecule has 0 aliphatic carbocycles. The van der Waals surface area contributed by atoms with Gasteiger partial charge in [0.05, 0.1) is 5.69 Å². The number of nitrogens with one attached hydrogen (secondary N) is 1. The van der Waals surface area contributed by atoms with Gasteiger partial charge in [0.1, 0.15) is 11.7 Å². The van der Waals surface area contributed by atoms with Crippen molar-refractivity contribution in [3.05, 3.63) is 18.0 Å². The van der Waals surface area contributed by atoms with Crippen LogP contribution in [0.4, 0.5) is 5.69 Å². The van der Waals surface area contributed by atoms with Gasteiger partial charge in [-0.3, -0.25) is 19.3 Å². The zero-order valence-electron chi connectivity index (χ0n) is 10.8. The molecule has 1 aliphatic rings. The number of likely N-dealkylation sites (tertiary alicyclic amines) is 1. The first-order valence-corrected chi connectivity index (χ1v) is 5.93. The zero-order valence-corrected chi connectivity index (χ0v) is 10.8. The summed E-state index contributed by atoms with van der Waals surface area (Å²) in [6.45, 7) is 0. The fourth-order valence-corrected chi connectivity index (χ4v) is 2.10. The summed E-state index contributed by atoms with van der Waals surface area (Å²) in [5.41, 5.74) is 6.46. The molecule has 3 amide bonds. The Hall–Kier alpha value is -2.31. The van der Waals surface area contributed by atoms with Gasteiger partial charge >= 0.3 is 0 Å². The van der Waals surface area contributed by atoms with Crippen LogP contribution in [0.3, 0.4) is 0 Å². The van der Waals surface area contributed by atoms with Crippen molar-refractivity contribution < 1.29 is 14.4 Å². The number of likely N-dealkylation sites (N-methyl/N-ethyl adjacent to an activating group) is 1. The van der Waals surface area contributed by atoms with Gasteiger partial charge in [-0.25, -0.2) is 0 Å². The maximum Gasteiger partial charge on any atom is 0.268 e. The van der Waals surface area contributed by atoms with E-state index in [0.717, 1.165) is 4.90 Å². The van der Waals surface area contributed by atoms with Crippen molar-refractivity contribution in [1.82, 2.24) is 14.8 Å². The molecule has 0 spiro atoms. The summed E-state index contributed by atoms with van der Waals surface area (Å²) in [5.74, 6) is -0.981. The number of piperidine rings is 1. The second-order valence-corrected chi connectivity index (χ2v) is 4.63. The van der Waals surface area contributed by atoms with Crippen molar-refractivity contribution >= 4 is 23.4 Å². The van der Waals surface area contributed by atoms with Crippen LogP contribution in [0.1, 0.15) is 23.3 Å². The lowest BCUT2D eigenvalue weighted by atomic mass is 10.0. The van der Waals surface area contributed by atoms with Crippen LogP contribution in [0.15, 0.2) is 12.3 Å². The van der Waals surface area contributed by atoms with E-state index >= 15 is 0 Å². The normalized spacial score (nSPS) is 19.7. The zero-order chi connectivity index (χ0) is 14.2. The standard InChI is InChI=1S/C12H16N4O3/c1-15-6-7(13)5-9(15)11(18)14-8-3-4-10(17)16(2)12(8)19/h5-6,8H,3-4,13H2,1-2H3,(H,14,18). The lowest BCUT2D eigenvalue weighted by Gasteiger charge is -2.28. The number of nitrogens with zero attached hydrogens (tertiary/aromatic N) is 2. The average molecular weight is 264 g/mol. The highest BCUT2D eigenvalue weighted by atomic mass is 16.2. The SMILES string of the molecule is CN1C(=O)CCC(NC(=O)c2cc(N)cn2C)C1=O. The summed E-state index contributed by atoms with van der Waals surface area (Å²) in [6, 6.07) is 0.878. The molecule has 1 aliphatic heterocycles. The Morgan fingerprint density at radius 3 is 2.68 bits per heavy atom. The Morgan fingerprint density at radius 1 is 1.42 bits per heavy atom. The number of amides is 3. The minimum Gasteiger partial charge on any atom is -0.397 e.